The van der Waals surface area contributed by atoms with Gasteiger partial charge in [-0.15, -0.1) is 0 Å². The van der Waals surface area contributed by atoms with Gasteiger partial charge in [0.1, 0.15) is 0 Å². The summed E-state index contributed by atoms with van der Waals surface area (Å²) in [5.74, 6) is 0. The number of unbranched alkanes of at least 4 members (excludes halogenated alkanes) is 7. The summed E-state index contributed by atoms with van der Waals surface area (Å²) in [5, 5.41) is 0. The molecule has 0 aliphatic rings. The molecule has 1 heteroatoms. The van der Waals surface area contributed by atoms with Crippen molar-refractivity contribution < 1.29 is 0 Å². The third kappa shape index (κ3) is 8.26. The summed E-state index contributed by atoms with van der Waals surface area (Å²) < 4.78 is 0. The third-order valence-corrected chi connectivity index (χ3v) is 4.35. The second-order valence-corrected chi connectivity index (χ2v) is 6.36. The van der Waals surface area contributed by atoms with Crippen LogP contribution in [0.3, 0.4) is 0 Å². The lowest BCUT2D eigenvalue weighted by atomic mass is 9.98. The molecule has 0 fully saturated rings. The number of hydrogen-bond acceptors (Lipinski definition) is 1. The van der Waals surface area contributed by atoms with E-state index in [9.17, 15) is 0 Å². The van der Waals surface area contributed by atoms with Crippen molar-refractivity contribution in [3.8, 4) is 0 Å². The molecule has 120 valence electrons. The highest BCUT2D eigenvalue weighted by Crippen LogP contribution is 2.19. The van der Waals surface area contributed by atoms with Crippen molar-refractivity contribution in [3.63, 3.8) is 0 Å². The summed E-state index contributed by atoms with van der Waals surface area (Å²) in [6.07, 6.45) is 14.4. The maximum Gasteiger partial charge on any atom is 0.0294 e. The van der Waals surface area contributed by atoms with Crippen LogP contribution in [0, 0.1) is 0 Å². The van der Waals surface area contributed by atoms with E-state index in [-0.39, 0.29) is 6.04 Å². The van der Waals surface area contributed by atoms with Crippen molar-refractivity contribution in [2.24, 2.45) is 5.73 Å². The Morgan fingerprint density at radius 1 is 0.762 bits per heavy atom. The average molecular weight is 290 g/mol. The van der Waals surface area contributed by atoms with Crippen LogP contribution in [0.15, 0.2) is 24.3 Å². The molecule has 1 nitrogen and oxygen atoms in total. The second kappa shape index (κ2) is 11.8. The van der Waals surface area contributed by atoms with E-state index in [1.54, 1.807) is 0 Å². The zero-order valence-corrected chi connectivity index (χ0v) is 14.2. The van der Waals surface area contributed by atoms with Crippen LogP contribution in [0.5, 0.6) is 0 Å². The van der Waals surface area contributed by atoms with Crippen molar-refractivity contribution in [3.05, 3.63) is 35.4 Å². The smallest absolute Gasteiger partial charge is 0.0294 e. The van der Waals surface area contributed by atoms with Crippen molar-refractivity contribution in [1.29, 1.82) is 0 Å². The topological polar surface area (TPSA) is 26.0 Å². The molecule has 0 bridgehead atoms. The van der Waals surface area contributed by atoms with E-state index >= 15 is 0 Å². The zero-order chi connectivity index (χ0) is 15.3. The first-order valence-electron chi connectivity index (χ1n) is 9.12. The van der Waals surface area contributed by atoms with Crippen LogP contribution in [0.4, 0.5) is 0 Å². The second-order valence-electron chi connectivity index (χ2n) is 6.36. The van der Waals surface area contributed by atoms with Crippen LogP contribution in [0.2, 0.25) is 0 Å². The number of nitrogens with two attached hydrogens (primary N) is 1. The number of benzene rings is 1. The monoisotopic (exact) mass is 289 g/mol. The van der Waals surface area contributed by atoms with Crippen LogP contribution in [-0.2, 0) is 6.42 Å². The van der Waals surface area contributed by atoms with E-state index in [1.165, 1.54) is 75.3 Å². The number of rotatable bonds is 12. The first-order chi connectivity index (χ1) is 10.3. The molecule has 1 aromatic rings. The van der Waals surface area contributed by atoms with Crippen LogP contribution in [-0.4, -0.2) is 0 Å². The molecule has 1 unspecified atom stereocenters. The maximum absolute atomic E-state index is 6.31. The lowest BCUT2D eigenvalue weighted by molar-refractivity contribution is 0.541. The van der Waals surface area contributed by atoms with Gasteiger partial charge < -0.3 is 5.73 Å². The highest BCUT2D eigenvalue weighted by molar-refractivity contribution is 5.24. The quantitative estimate of drug-likeness (QED) is 0.457. The molecule has 0 radical (unpaired) electrons. The lowest BCUT2D eigenvalue weighted by Crippen LogP contribution is -2.10. The van der Waals surface area contributed by atoms with Gasteiger partial charge in [-0.25, -0.2) is 0 Å². The molecule has 0 heterocycles. The van der Waals surface area contributed by atoms with Gasteiger partial charge in [0.25, 0.3) is 0 Å². The van der Waals surface area contributed by atoms with Crippen molar-refractivity contribution in [1.82, 2.24) is 0 Å². The maximum atomic E-state index is 6.31. The molecule has 0 aromatic heterocycles. The standard InChI is InChI=1S/C20H35N/c1-3-5-7-8-9-10-11-13-20(21)19-16-14-18(15-17-19)12-6-4-2/h14-17,20H,3-13,21H2,1-2H3. The average Bonchev–Trinajstić information content (AvgIpc) is 2.52. The summed E-state index contributed by atoms with van der Waals surface area (Å²) in [6.45, 7) is 4.51. The molecular weight excluding hydrogens is 254 g/mol. The highest BCUT2D eigenvalue weighted by Gasteiger charge is 2.05. The van der Waals surface area contributed by atoms with E-state index in [2.05, 4.69) is 38.1 Å². The Hall–Kier alpha value is -0.820. The van der Waals surface area contributed by atoms with Gasteiger partial charge in [-0.2, -0.15) is 0 Å². The minimum atomic E-state index is 0.223. The van der Waals surface area contributed by atoms with E-state index in [4.69, 9.17) is 5.73 Å². The molecule has 1 rings (SSSR count). The molecule has 0 amide bonds. The van der Waals surface area contributed by atoms with Gasteiger partial charge in [-0.3, -0.25) is 0 Å². The predicted molar refractivity (Wildman–Crippen MR) is 94.6 cm³/mol. The van der Waals surface area contributed by atoms with E-state index < -0.39 is 0 Å². The molecule has 2 N–H and O–H groups in total. The van der Waals surface area contributed by atoms with Gasteiger partial charge in [-0.1, -0.05) is 89.5 Å². The first-order valence-corrected chi connectivity index (χ1v) is 9.12. The molecule has 0 aliphatic carbocycles. The van der Waals surface area contributed by atoms with Gasteiger partial charge >= 0.3 is 0 Å². The Balaban J connectivity index is 2.17. The first kappa shape index (κ1) is 18.2. The Labute approximate surface area is 132 Å². The summed E-state index contributed by atoms with van der Waals surface area (Å²) in [5.41, 5.74) is 9.06. The minimum absolute atomic E-state index is 0.223. The fourth-order valence-corrected chi connectivity index (χ4v) is 2.80. The molecule has 0 spiro atoms. The fraction of sp³-hybridized carbons (Fsp3) is 0.700. The van der Waals surface area contributed by atoms with Crippen LogP contribution in [0.1, 0.15) is 95.2 Å². The van der Waals surface area contributed by atoms with Gasteiger partial charge in [0.15, 0.2) is 0 Å². The highest BCUT2D eigenvalue weighted by atomic mass is 14.6. The van der Waals surface area contributed by atoms with Crippen LogP contribution in [0.25, 0.3) is 0 Å². The summed E-state index contributed by atoms with van der Waals surface area (Å²) >= 11 is 0. The van der Waals surface area contributed by atoms with E-state index in [0.717, 1.165) is 6.42 Å². The normalized spacial score (nSPS) is 12.5. The minimum Gasteiger partial charge on any atom is -0.324 e. The van der Waals surface area contributed by atoms with Crippen molar-refractivity contribution in [2.75, 3.05) is 0 Å². The Bertz CT molecular complexity index is 341. The van der Waals surface area contributed by atoms with Gasteiger partial charge in [0.05, 0.1) is 0 Å². The molecule has 0 saturated carbocycles. The zero-order valence-electron chi connectivity index (χ0n) is 14.2. The Kier molecular flexibility index (Phi) is 10.2. The Morgan fingerprint density at radius 2 is 1.33 bits per heavy atom. The number of hydrogen-bond donors (Lipinski definition) is 1. The molecule has 1 aromatic carbocycles. The van der Waals surface area contributed by atoms with Gasteiger partial charge in [0, 0.05) is 6.04 Å². The number of aryl methyl sites for hydroxylation is 1. The molecule has 0 aliphatic heterocycles. The SMILES string of the molecule is CCCCCCCCCC(N)c1ccc(CCCC)cc1. The summed E-state index contributed by atoms with van der Waals surface area (Å²) in [4.78, 5) is 0. The van der Waals surface area contributed by atoms with Gasteiger partial charge in [-0.05, 0) is 30.4 Å². The van der Waals surface area contributed by atoms with E-state index in [1.807, 2.05) is 0 Å². The van der Waals surface area contributed by atoms with Crippen LogP contribution < -0.4 is 5.73 Å². The van der Waals surface area contributed by atoms with Crippen LogP contribution >= 0.6 is 0 Å². The lowest BCUT2D eigenvalue weighted by Gasteiger charge is -2.12. The fourth-order valence-electron chi connectivity index (χ4n) is 2.80. The third-order valence-electron chi connectivity index (χ3n) is 4.35. The summed E-state index contributed by atoms with van der Waals surface area (Å²) in [7, 11) is 0. The van der Waals surface area contributed by atoms with Crippen molar-refractivity contribution >= 4 is 0 Å². The molecule has 0 saturated heterocycles. The molecule has 1 atom stereocenters. The van der Waals surface area contributed by atoms with Crippen molar-refractivity contribution in [2.45, 2.75) is 90.5 Å². The largest absolute Gasteiger partial charge is 0.324 e. The summed E-state index contributed by atoms with van der Waals surface area (Å²) in [6, 6.07) is 9.21. The molecule has 21 heavy (non-hydrogen) atoms. The molecular formula is C20H35N. The van der Waals surface area contributed by atoms with E-state index in [0.29, 0.717) is 0 Å². The predicted octanol–water partition coefficient (Wildman–Crippen LogP) is 6.17. The Morgan fingerprint density at radius 3 is 1.95 bits per heavy atom. The van der Waals surface area contributed by atoms with Gasteiger partial charge in [0.2, 0.25) is 0 Å².